The molecule has 4 nitrogen and oxygen atoms in total. The van der Waals surface area contributed by atoms with E-state index in [2.05, 4.69) is 12.2 Å². The monoisotopic (exact) mass is 362 g/mol. The summed E-state index contributed by atoms with van der Waals surface area (Å²) in [7, 11) is 0. The molecular formula is C21H31FN2O2. The third-order valence-electron chi connectivity index (χ3n) is 5.05. The summed E-state index contributed by atoms with van der Waals surface area (Å²) >= 11 is 0. The molecule has 0 spiro atoms. The van der Waals surface area contributed by atoms with Crippen molar-refractivity contribution in [2.75, 3.05) is 13.1 Å². The number of rotatable bonds is 10. The van der Waals surface area contributed by atoms with Crippen molar-refractivity contribution in [2.45, 2.75) is 64.8 Å². The van der Waals surface area contributed by atoms with Crippen LogP contribution < -0.4 is 5.32 Å². The van der Waals surface area contributed by atoms with E-state index >= 15 is 0 Å². The van der Waals surface area contributed by atoms with E-state index in [-0.39, 0.29) is 36.0 Å². The van der Waals surface area contributed by atoms with Crippen molar-refractivity contribution in [3.8, 4) is 0 Å². The molecule has 1 aromatic carbocycles. The fourth-order valence-corrected chi connectivity index (χ4v) is 3.39. The number of nitrogens with one attached hydrogen (secondary N) is 1. The Hall–Kier alpha value is -1.91. The summed E-state index contributed by atoms with van der Waals surface area (Å²) in [5.74, 6) is -0.492. The van der Waals surface area contributed by atoms with Crippen molar-refractivity contribution in [1.29, 1.82) is 0 Å². The second-order valence-corrected chi connectivity index (χ2v) is 7.38. The summed E-state index contributed by atoms with van der Waals surface area (Å²) < 4.78 is 12.9. The highest BCUT2D eigenvalue weighted by atomic mass is 19.1. The number of carbonyl (C=O) groups excluding carboxylic acids is 2. The highest BCUT2D eigenvalue weighted by Gasteiger charge is 2.34. The van der Waals surface area contributed by atoms with Gasteiger partial charge in [0.15, 0.2) is 0 Å². The molecule has 1 heterocycles. The second kappa shape index (κ2) is 10.3. The molecule has 2 rings (SSSR count). The van der Waals surface area contributed by atoms with Crippen LogP contribution in [-0.2, 0) is 16.0 Å². The zero-order valence-corrected chi connectivity index (χ0v) is 16.0. The van der Waals surface area contributed by atoms with Crippen LogP contribution in [0.25, 0.3) is 0 Å². The number of hydrogen-bond acceptors (Lipinski definition) is 2. The molecule has 0 aliphatic carbocycles. The normalized spacial score (nSPS) is 18.2. The second-order valence-electron chi connectivity index (χ2n) is 7.38. The Balaban J connectivity index is 1.73. The summed E-state index contributed by atoms with van der Waals surface area (Å²) in [4.78, 5) is 26.3. The van der Waals surface area contributed by atoms with Crippen LogP contribution in [0.3, 0.4) is 0 Å². The third-order valence-corrected chi connectivity index (χ3v) is 5.05. The van der Waals surface area contributed by atoms with E-state index in [9.17, 15) is 14.0 Å². The summed E-state index contributed by atoms with van der Waals surface area (Å²) in [5, 5.41) is 3.06. The molecule has 1 saturated heterocycles. The number of unbranched alkanes of at least 4 members (excludes halogenated alkanes) is 3. The molecule has 1 fully saturated rings. The Labute approximate surface area is 156 Å². The van der Waals surface area contributed by atoms with Gasteiger partial charge in [0.2, 0.25) is 11.8 Å². The molecule has 1 aromatic rings. The van der Waals surface area contributed by atoms with Crippen molar-refractivity contribution in [3.05, 3.63) is 35.6 Å². The first-order chi connectivity index (χ1) is 12.5. The molecule has 1 N–H and O–H groups in total. The molecule has 0 bridgehead atoms. The van der Waals surface area contributed by atoms with Gasteiger partial charge in [-0.15, -0.1) is 0 Å². The number of amides is 2. The molecule has 0 aromatic heterocycles. The van der Waals surface area contributed by atoms with Gasteiger partial charge >= 0.3 is 0 Å². The molecular weight excluding hydrogens is 331 g/mol. The molecule has 2 atom stereocenters. The molecule has 0 saturated carbocycles. The van der Waals surface area contributed by atoms with Crippen LogP contribution in [0, 0.1) is 11.7 Å². The Morgan fingerprint density at radius 1 is 1.27 bits per heavy atom. The van der Waals surface area contributed by atoms with E-state index in [1.54, 1.807) is 17.0 Å². The molecule has 2 amide bonds. The fraction of sp³-hybridized carbons (Fsp3) is 0.619. The average Bonchev–Trinajstić information content (AvgIpc) is 2.99. The number of halogens is 1. The lowest BCUT2D eigenvalue weighted by Gasteiger charge is -2.18. The van der Waals surface area contributed by atoms with E-state index in [1.807, 2.05) is 6.92 Å². The lowest BCUT2D eigenvalue weighted by molar-refractivity contribution is -0.129. The van der Waals surface area contributed by atoms with E-state index in [4.69, 9.17) is 0 Å². The molecule has 0 unspecified atom stereocenters. The SMILES string of the molecule is CCCCCC[C@H](C)NC(=O)[C@H]1CC(=O)N(CCc2ccc(F)cc2)C1. The van der Waals surface area contributed by atoms with Crippen LogP contribution in [0.2, 0.25) is 0 Å². The summed E-state index contributed by atoms with van der Waals surface area (Å²) in [6.07, 6.45) is 6.73. The molecule has 0 radical (unpaired) electrons. The van der Waals surface area contributed by atoms with Crippen molar-refractivity contribution in [1.82, 2.24) is 10.2 Å². The minimum absolute atomic E-state index is 0.00868. The first-order valence-electron chi connectivity index (χ1n) is 9.82. The highest BCUT2D eigenvalue weighted by Crippen LogP contribution is 2.19. The number of likely N-dealkylation sites (tertiary alicyclic amines) is 1. The molecule has 26 heavy (non-hydrogen) atoms. The van der Waals surface area contributed by atoms with Gasteiger partial charge in [0.25, 0.3) is 0 Å². The van der Waals surface area contributed by atoms with E-state index in [0.29, 0.717) is 19.5 Å². The largest absolute Gasteiger partial charge is 0.353 e. The zero-order valence-electron chi connectivity index (χ0n) is 16.0. The van der Waals surface area contributed by atoms with Crippen LogP contribution >= 0.6 is 0 Å². The van der Waals surface area contributed by atoms with Gasteiger partial charge in [-0.25, -0.2) is 4.39 Å². The lowest BCUT2D eigenvalue weighted by Crippen LogP contribution is -2.38. The molecule has 1 aliphatic rings. The number of nitrogens with zero attached hydrogens (tertiary/aromatic N) is 1. The van der Waals surface area contributed by atoms with Gasteiger partial charge in [-0.2, -0.15) is 0 Å². The molecule has 5 heteroatoms. The van der Waals surface area contributed by atoms with Gasteiger partial charge < -0.3 is 10.2 Å². The van der Waals surface area contributed by atoms with Crippen LogP contribution in [0.1, 0.15) is 57.9 Å². The Bertz CT molecular complexity index is 588. The van der Waals surface area contributed by atoms with E-state index < -0.39 is 0 Å². The van der Waals surface area contributed by atoms with Gasteiger partial charge in [0, 0.05) is 25.6 Å². The maximum absolute atomic E-state index is 12.9. The van der Waals surface area contributed by atoms with Gasteiger partial charge in [-0.3, -0.25) is 9.59 Å². The lowest BCUT2D eigenvalue weighted by atomic mass is 10.1. The number of benzene rings is 1. The number of hydrogen-bond donors (Lipinski definition) is 1. The fourth-order valence-electron chi connectivity index (χ4n) is 3.39. The minimum atomic E-state index is -0.258. The maximum atomic E-state index is 12.9. The zero-order chi connectivity index (χ0) is 18.9. The average molecular weight is 362 g/mol. The highest BCUT2D eigenvalue weighted by molar-refractivity contribution is 5.89. The van der Waals surface area contributed by atoms with Gasteiger partial charge in [0.1, 0.15) is 5.82 Å². The predicted octanol–water partition coefficient (Wildman–Crippen LogP) is 3.69. The topological polar surface area (TPSA) is 49.4 Å². The summed E-state index contributed by atoms with van der Waals surface area (Å²) in [6, 6.07) is 6.49. The van der Waals surface area contributed by atoms with E-state index in [0.717, 1.165) is 18.4 Å². The van der Waals surface area contributed by atoms with Gasteiger partial charge in [-0.1, -0.05) is 44.7 Å². The van der Waals surface area contributed by atoms with Gasteiger partial charge in [-0.05, 0) is 37.5 Å². The van der Waals surface area contributed by atoms with Crippen LogP contribution in [0.4, 0.5) is 4.39 Å². The Kier molecular flexibility index (Phi) is 8.07. The number of carbonyl (C=O) groups is 2. The smallest absolute Gasteiger partial charge is 0.225 e. The van der Waals surface area contributed by atoms with Crippen LogP contribution in [-0.4, -0.2) is 35.8 Å². The van der Waals surface area contributed by atoms with Crippen LogP contribution in [0.5, 0.6) is 0 Å². The first kappa shape index (κ1) is 20.4. The summed E-state index contributed by atoms with van der Waals surface area (Å²) in [5.41, 5.74) is 0.993. The third kappa shape index (κ3) is 6.43. The maximum Gasteiger partial charge on any atom is 0.225 e. The van der Waals surface area contributed by atoms with Crippen molar-refractivity contribution in [3.63, 3.8) is 0 Å². The Morgan fingerprint density at radius 2 is 2.00 bits per heavy atom. The van der Waals surface area contributed by atoms with Crippen molar-refractivity contribution >= 4 is 11.8 Å². The predicted molar refractivity (Wildman–Crippen MR) is 101 cm³/mol. The Morgan fingerprint density at radius 3 is 2.69 bits per heavy atom. The first-order valence-corrected chi connectivity index (χ1v) is 9.82. The molecule has 144 valence electrons. The van der Waals surface area contributed by atoms with Crippen LogP contribution in [0.15, 0.2) is 24.3 Å². The quantitative estimate of drug-likeness (QED) is 0.645. The van der Waals surface area contributed by atoms with Crippen molar-refractivity contribution < 1.29 is 14.0 Å². The van der Waals surface area contributed by atoms with E-state index in [1.165, 1.54) is 31.4 Å². The minimum Gasteiger partial charge on any atom is -0.353 e. The molecule has 1 aliphatic heterocycles. The summed E-state index contributed by atoms with van der Waals surface area (Å²) in [6.45, 7) is 5.27. The van der Waals surface area contributed by atoms with Crippen molar-refractivity contribution in [2.24, 2.45) is 5.92 Å². The standard InChI is InChI=1S/C21H31FN2O2/c1-3-4-5-6-7-16(2)23-21(26)18-14-20(25)24(15-18)13-12-17-8-10-19(22)11-9-17/h8-11,16,18H,3-7,12-15H2,1-2H3,(H,23,26)/t16-,18-/m0/s1. The van der Waals surface area contributed by atoms with Gasteiger partial charge in [0.05, 0.1) is 5.92 Å².